The predicted octanol–water partition coefficient (Wildman–Crippen LogP) is 5.76. The largest absolute Gasteiger partial charge is 0.302 e. The average Bonchev–Trinajstić information content (AvgIpc) is 3.15. The number of carbonyl (C=O) groups excluding carboxylic acids is 1. The Labute approximate surface area is 190 Å². The molecule has 0 bridgehead atoms. The number of hydrogen-bond acceptors (Lipinski definition) is 4. The van der Waals surface area contributed by atoms with E-state index in [9.17, 15) is 4.79 Å². The van der Waals surface area contributed by atoms with Gasteiger partial charge in [-0.05, 0) is 81.6 Å². The van der Waals surface area contributed by atoms with E-state index < -0.39 is 0 Å². The van der Waals surface area contributed by atoms with E-state index in [-0.39, 0.29) is 5.91 Å². The molecule has 1 heterocycles. The van der Waals surface area contributed by atoms with Gasteiger partial charge < -0.3 is 4.90 Å². The van der Waals surface area contributed by atoms with Crippen LogP contribution >= 0.6 is 11.3 Å². The lowest BCUT2D eigenvalue weighted by Gasteiger charge is -2.25. The maximum atomic E-state index is 13.6. The molecule has 1 aromatic heterocycles. The molecule has 0 aliphatic carbocycles. The summed E-state index contributed by atoms with van der Waals surface area (Å²) < 4.78 is 1.14. The van der Waals surface area contributed by atoms with E-state index in [1.807, 2.05) is 4.90 Å². The van der Waals surface area contributed by atoms with E-state index in [4.69, 9.17) is 4.98 Å². The lowest BCUT2D eigenvalue weighted by Crippen LogP contribution is -2.39. The topological polar surface area (TPSA) is 36.4 Å². The molecular formula is C26H35N3OS. The van der Waals surface area contributed by atoms with E-state index in [1.165, 1.54) is 27.8 Å². The normalized spacial score (nSPS) is 11.5. The van der Waals surface area contributed by atoms with E-state index in [0.29, 0.717) is 13.0 Å². The van der Waals surface area contributed by atoms with E-state index in [0.717, 1.165) is 40.5 Å². The Hall–Kier alpha value is -2.24. The van der Waals surface area contributed by atoms with Crippen molar-refractivity contribution < 1.29 is 4.79 Å². The minimum absolute atomic E-state index is 0.121. The molecule has 2 aromatic carbocycles. The van der Waals surface area contributed by atoms with Crippen LogP contribution in [0, 0.1) is 34.6 Å². The Morgan fingerprint density at radius 2 is 1.58 bits per heavy atom. The summed E-state index contributed by atoms with van der Waals surface area (Å²) in [6.07, 6.45) is 0.407. The first-order valence-corrected chi connectivity index (χ1v) is 12.0. The van der Waals surface area contributed by atoms with Crippen molar-refractivity contribution in [2.45, 2.75) is 54.9 Å². The average molecular weight is 438 g/mol. The molecule has 0 unspecified atom stereocenters. The summed E-state index contributed by atoms with van der Waals surface area (Å²) in [6.45, 7) is 18.3. The minimum Gasteiger partial charge on any atom is -0.302 e. The van der Waals surface area contributed by atoms with Crippen molar-refractivity contribution in [3.8, 4) is 0 Å². The van der Waals surface area contributed by atoms with E-state index >= 15 is 0 Å². The number of amides is 1. The summed E-state index contributed by atoms with van der Waals surface area (Å²) in [5, 5.41) is 0.809. The first kappa shape index (κ1) is 23.4. The molecule has 5 heteroatoms. The van der Waals surface area contributed by atoms with Crippen molar-refractivity contribution >= 4 is 32.6 Å². The highest BCUT2D eigenvalue weighted by Crippen LogP contribution is 2.32. The van der Waals surface area contributed by atoms with Gasteiger partial charge in [-0.2, -0.15) is 0 Å². The number of aryl methyl sites for hydroxylation is 5. The van der Waals surface area contributed by atoms with E-state index in [2.05, 4.69) is 77.6 Å². The number of nitrogens with zero attached hydrogens (tertiary/aromatic N) is 3. The summed E-state index contributed by atoms with van der Waals surface area (Å²) in [7, 11) is 0. The van der Waals surface area contributed by atoms with Crippen LogP contribution in [0.3, 0.4) is 0 Å². The van der Waals surface area contributed by atoms with Gasteiger partial charge in [-0.25, -0.2) is 4.98 Å². The summed E-state index contributed by atoms with van der Waals surface area (Å²) >= 11 is 1.62. The lowest BCUT2D eigenvalue weighted by molar-refractivity contribution is -0.118. The molecule has 166 valence electrons. The van der Waals surface area contributed by atoms with Gasteiger partial charge >= 0.3 is 0 Å². The van der Waals surface area contributed by atoms with Gasteiger partial charge in [-0.1, -0.05) is 48.9 Å². The Morgan fingerprint density at radius 1 is 0.935 bits per heavy atom. The number of benzene rings is 2. The van der Waals surface area contributed by atoms with Gasteiger partial charge in [0.25, 0.3) is 0 Å². The van der Waals surface area contributed by atoms with Crippen LogP contribution < -0.4 is 4.90 Å². The number of hydrogen-bond donors (Lipinski definition) is 0. The molecule has 0 atom stereocenters. The maximum absolute atomic E-state index is 13.6. The first-order valence-electron chi connectivity index (χ1n) is 11.2. The Morgan fingerprint density at radius 3 is 2.19 bits per heavy atom. The first-order chi connectivity index (χ1) is 14.7. The zero-order valence-corrected chi connectivity index (χ0v) is 20.8. The highest BCUT2D eigenvalue weighted by molar-refractivity contribution is 7.22. The standard InChI is InChI=1S/C26H35N3OS/c1-8-28(9-2)12-13-29(24(30)16-22-19(5)14-17(3)15-20(22)6)26-27-25-21(7)18(4)10-11-23(25)31-26/h10-11,14-15H,8-9,12-13,16H2,1-7H3. The van der Waals surface area contributed by atoms with Crippen LogP contribution in [0.5, 0.6) is 0 Å². The van der Waals surface area contributed by atoms with Gasteiger partial charge in [0.15, 0.2) is 5.13 Å². The molecule has 3 rings (SSSR count). The molecule has 1 amide bonds. The number of thiazole rings is 1. The van der Waals surface area contributed by atoms with Crippen molar-refractivity contribution in [1.29, 1.82) is 0 Å². The molecule has 3 aromatic rings. The number of anilines is 1. The zero-order chi connectivity index (χ0) is 22.7. The monoisotopic (exact) mass is 437 g/mol. The maximum Gasteiger partial charge on any atom is 0.233 e. The van der Waals surface area contributed by atoms with Gasteiger partial charge in [0.1, 0.15) is 0 Å². The van der Waals surface area contributed by atoms with Crippen LogP contribution in [0.25, 0.3) is 10.2 Å². The zero-order valence-electron chi connectivity index (χ0n) is 20.0. The third-order valence-electron chi connectivity index (χ3n) is 6.31. The SMILES string of the molecule is CCN(CC)CCN(C(=O)Cc1c(C)cc(C)cc1C)c1nc2c(C)c(C)ccc2s1. The molecule has 0 aliphatic heterocycles. The minimum atomic E-state index is 0.121. The number of aromatic nitrogens is 1. The fourth-order valence-electron chi connectivity index (χ4n) is 4.17. The third-order valence-corrected chi connectivity index (χ3v) is 7.35. The second kappa shape index (κ2) is 9.92. The molecule has 0 N–H and O–H groups in total. The summed E-state index contributed by atoms with van der Waals surface area (Å²) in [5.74, 6) is 0.121. The molecule has 0 spiro atoms. The van der Waals surface area contributed by atoms with Crippen molar-refractivity contribution in [3.05, 3.63) is 57.6 Å². The van der Waals surface area contributed by atoms with Crippen LogP contribution in [-0.4, -0.2) is 42.0 Å². The number of fused-ring (bicyclic) bond motifs is 1. The second-order valence-electron chi connectivity index (χ2n) is 8.48. The van der Waals surface area contributed by atoms with Crippen LogP contribution in [0.1, 0.15) is 47.2 Å². The lowest BCUT2D eigenvalue weighted by atomic mass is 9.97. The van der Waals surface area contributed by atoms with Gasteiger partial charge in [0, 0.05) is 13.1 Å². The van der Waals surface area contributed by atoms with Crippen molar-refractivity contribution in [2.75, 3.05) is 31.1 Å². The molecular weight excluding hydrogens is 402 g/mol. The number of carbonyl (C=O) groups is 1. The molecule has 0 saturated carbocycles. The van der Waals surface area contributed by atoms with Crippen molar-refractivity contribution in [3.63, 3.8) is 0 Å². The molecule has 0 saturated heterocycles. The predicted molar refractivity (Wildman–Crippen MR) is 134 cm³/mol. The van der Waals surface area contributed by atoms with Gasteiger partial charge in [-0.15, -0.1) is 0 Å². The summed E-state index contributed by atoms with van der Waals surface area (Å²) in [6, 6.07) is 8.60. The van der Waals surface area contributed by atoms with Crippen LogP contribution in [-0.2, 0) is 11.2 Å². The highest BCUT2D eigenvalue weighted by atomic mass is 32.1. The van der Waals surface area contributed by atoms with Gasteiger partial charge in [0.2, 0.25) is 5.91 Å². The third kappa shape index (κ3) is 5.16. The number of rotatable bonds is 8. The molecule has 4 nitrogen and oxygen atoms in total. The summed E-state index contributed by atoms with van der Waals surface area (Å²) in [5.41, 5.74) is 8.19. The Balaban J connectivity index is 1.96. The van der Waals surface area contributed by atoms with Gasteiger partial charge in [0.05, 0.1) is 16.6 Å². The highest BCUT2D eigenvalue weighted by Gasteiger charge is 2.22. The van der Waals surface area contributed by atoms with Crippen LogP contribution in [0.15, 0.2) is 24.3 Å². The van der Waals surface area contributed by atoms with Crippen LogP contribution in [0.2, 0.25) is 0 Å². The number of likely N-dealkylation sites (N-methyl/N-ethyl adjacent to an activating group) is 1. The molecule has 0 fully saturated rings. The second-order valence-corrected chi connectivity index (χ2v) is 9.49. The van der Waals surface area contributed by atoms with Crippen molar-refractivity contribution in [2.24, 2.45) is 0 Å². The van der Waals surface area contributed by atoms with E-state index in [1.54, 1.807) is 11.3 Å². The van der Waals surface area contributed by atoms with Crippen molar-refractivity contribution in [1.82, 2.24) is 9.88 Å². The quantitative estimate of drug-likeness (QED) is 0.450. The molecule has 0 radical (unpaired) electrons. The smallest absolute Gasteiger partial charge is 0.233 e. The summed E-state index contributed by atoms with van der Waals surface area (Å²) in [4.78, 5) is 22.8. The van der Waals surface area contributed by atoms with Gasteiger partial charge in [-0.3, -0.25) is 9.69 Å². The molecule has 0 aliphatic rings. The fraction of sp³-hybridized carbons (Fsp3) is 0.462. The Kier molecular flexibility index (Phi) is 7.50. The Bertz CT molecular complexity index is 1060. The van der Waals surface area contributed by atoms with Crippen LogP contribution in [0.4, 0.5) is 5.13 Å². The fourth-order valence-corrected chi connectivity index (χ4v) is 5.24. The molecule has 31 heavy (non-hydrogen) atoms.